The number of methoxy groups -OCH3 is 1. The van der Waals surface area contributed by atoms with Crippen molar-refractivity contribution in [2.75, 3.05) is 38.8 Å². The number of likely N-dealkylation sites (N-methyl/N-ethyl adjacent to an activating group) is 1. The second kappa shape index (κ2) is 11.5. The quantitative estimate of drug-likeness (QED) is 0.391. The second-order valence-corrected chi connectivity index (χ2v) is 13.3. The molecule has 0 aliphatic carbocycles. The summed E-state index contributed by atoms with van der Waals surface area (Å²) in [6.45, 7) is -0.514. The van der Waals surface area contributed by atoms with Crippen LogP contribution in [0.25, 0.3) is 0 Å². The molecule has 250 valence electrons. The van der Waals surface area contributed by atoms with Crippen LogP contribution in [-0.4, -0.2) is 88.2 Å². The first-order chi connectivity index (χ1) is 22.1. The van der Waals surface area contributed by atoms with E-state index in [2.05, 4.69) is 4.74 Å². The fourth-order valence-corrected chi connectivity index (χ4v) is 8.06. The Kier molecular flexibility index (Phi) is 7.97. The van der Waals surface area contributed by atoms with Gasteiger partial charge < -0.3 is 29.0 Å². The van der Waals surface area contributed by atoms with Crippen molar-refractivity contribution in [3.8, 4) is 23.0 Å². The number of nitrogens with zero attached hydrogens (tertiary/aromatic N) is 3. The monoisotopic (exact) mass is 697 g/mol. The van der Waals surface area contributed by atoms with Gasteiger partial charge in [0.15, 0.2) is 22.8 Å². The van der Waals surface area contributed by atoms with Crippen molar-refractivity contribution >= 4 is 39.1 Å². The zero-order chi connectivity index (χ0) is 34.1. The minimum absolute atomic E-state index is 0.00528. The van der Waals surface area contributed by atoms with Gasteiger partial charge in [-0.15, -0.1) is 13.2 Å². The van der Waals surface area contributed by atoms with Crippen molar-refractivity contribution in [3.05, 3.63) is 70.7 Å². The summed E-state index contributed by atoms with van der Waals surface area (Å²) >= 11 is 6.35. The summed E-state index contributed by atoms with van der Waals surface area (Å²) in [5, 5.41) is 10.9. The number of carbonyl (C=O) groups is 2. The minimum Gasteiger partial charge on any atom is -0.497 e. The standard InChI is InChI=1S/C30H27ClF3N3O9S/c1-35(2)27(39)22-12-17(38)14-36(22)29(20-5-4-6-23-26(20)45-15-44-23)19-9-7-16(31)11-21(19)37(28(29)40)47(41,42)25-10-8-18(43-3)13-24(25)46-30(32,33)34/h4-11,13,17,22,38H,12,14-15H2,1-3H3/t17-,22+,29?/m1/s1. The molecule has 1 fully saturated rings. The van der Waals surface area contributed by atoms with Gasteiger partial charge >= 0.3 is 6.36 Å². The molecular formula is C30H27ClF3N3O9S. The number of hydrogen-bond donors (Lipinski definition) is 1. The fraction of sp³-hybridized carbons (Fsp3) is 0.333. The van der Waals surface area contributed by atoms with Gasteiger partial charge in [0.05, 0.1) is 24.9 Å². The topological polar surface area (TPSA) is 135 Å². The van der Waals surface area contributed by atoms with Gasteiger partial charge in [-0.05, 0) is 36.8 Å². The lowest BCUT2D eigenvalue weighted by Gasteiger charge is -2.41. The third kappa shape index (κ3) is 5.19. The molecule has 1 N–H and O–H groups in total. The molecule has 1 saturated heterocycles. The molecule has 12 nitrogen and oxygen atoms in total. The van der Waals surface area contributed by atoms with Crippen LogP contribution in [0.5, 0.6) is 23.0 Å². The predicted octanol–water partition coefficient (Wildman–Crippen LogP) is 3.48. The third-order valence-electron chi connectivity index (χ3n) is 8.18. The Hall–Kier alpha value is -4.25. The molecule has 0 radical (unpaired) electrons. The number of aliphatic hydroxyl groups excluding tert-OH is 1. The number of halogens is 4. The lowest BCUT2D eigenvalue weighted by Crippen LogP contribution is -2.59. The van der Waals surface area contributed by atoms with E-state index in [0.29, 0.717) is 4.31 Å². The number of hydrogen-bond acceptors (Lipinski definition) is 10. The molecule has 2 amide bonds. The van der Waals surface area contributed by atoms with Crippen molar-refractivity contribution in [1.82, 2.24) is 9.80 Å². The van der Waals surface area contributed by atoms with E-state index in [1.165, 1.54) is 48.2 Å². The molecule has 1 unspecified atom stereocenters. The number of sulfonamides is 1. The van der Waals surface area contributed by atoms with Crippen LogP contribution < -0.4 is 23.3 Å². The maximum atomic E-state index is 15.2. The van der Waals surface area contributed by atoms with E-state index in [4.69, 9.17) is 25.8 Å². The Morgan fingerprint density at radius 1 is 1.11 bits per heavy atom. The second-order valence-electron chi connectivity index (χ2n) is 11.1. The highest BCUT2D eigenvalue weighted by molar-refractivity contribution is 7.93. The van der Waals surface area contributed by atoms with Crippen LogP contribution >= 0.6 is 11.6 Å². The SMILES string of the molecule is COc1ccc(S(=O)(=O)N2C(=O)C(c3cccc4c3OCO4)(N3C[C@H](O)C[C@H]3C(=O)N(C)C)c3ccc(Cl)cc32)c(OC(F)(F)F)c1. The Bertz CT molecular complexity index is 1890. The van der Waals surface area contributed by atoms with Crippen LogP contribution in [0.1, 0.15) is 17.5 Å². The summed E-state index contributed by atoms with van der Waals surface area (Å²) in [4.78, 5) is 30.5. The smallest absolute Gasteiger partial charge is 0.497 e. The number of fused-ring (bicyclic) bond motifs is 2. The van der Waals surface area contributed by atoms with E-state index in [9.17, 15) is 31.5 Å². The molecule has 3 heterocycles. The number of rotatable bonds is 7. The summed E-state index contributed by atoms with van der Waals surface area (Å²) in [6.07, 6.45) is -6.56. The molecule has 17 heteroatoms. The Morgan fingerprint density at radius 2 is 1.85 bits per heavy atom. The molecule has 0 aromatic heterocycles. The van der Waals surface area contributed by atoms with E-state index < -0.39 is 56.5 Å². The number of ether oxygens (including phenoxy) is 4. The van der Waals surface area contributed by atoms with Gasteiger partial charge in [0, 0.05) is 42.9 Å². The number of carbonyl (C=O) groups excluding carboxylic acids is 2. The maximum absolute atomic E-state index is 15.2. The Balaban J connectivity index is 1.66. The van der Waals surface area contributed by atoms with Gasteiger partial charge in [-0.25, -0.2) is 12.7 Å². The molecule has 3 aliphatic heterocycles. The lowest BCUT2D eigenvalue weighted by atomic mass is 9.80. The number of aliphatic hydroxyl groups is 1. The molecule has 0 saturated carbocycles. The average molecular weight is 698 g/mol. The van der Waals surface area contributed by atoms with Crippen LogP contribution in [0.4, 0.5) is 18.9 Å². The number of alkyl halides is 3. The average Bonchev–Trinajstić information content (AvgIpc) is 3.70. The largest absolute Gasteiger partial charge is 0.573 e. The Labute approximate surface area is 271 Å². The molecule has 0 bridgehead atoms. The normalized spacial score (nSPS) is 22.4. The van der Waals surface area contributed by atoms with E-state index >= 15 is 4.79 Å². The van der Waals surface area contributed by atoms with Gasteiger partial charge in [-0.1, -0.05) is 29.8 Å². The minimum atomic E-state index is -5.32. The number of para-hydroxylation sites is 1. The first-order valence-electron chi connectivity index (χ1n) is 14.0. The van der Waals surface area contributed by atoms with Gasteiger partial charge in [0.1, 0.15) is 10.6 Å². The molecule has 6 rings (SSSR count). The molecule has 3 aromatic rings. The first kappa shape index (κ1) is 32.7. The number of likely N-dealkylation sites (tertiary alicyclic amines) is 1. The zero-order valence-electron chi connectivity index (χ0n) is 24.9. The van der Waals surface area contributed by atoms with E-state index in [-0.39, 0.29) is 58.8 Å². The summed E-state index contributed by atoms with van der Waals surface area (Å²) < 4.78 is 90.5. The van der Waals surface area contributed by atoms with Crippen LogP contribution in [0.3, 0.4) is 0 Å². The van der Waals surface area contributed by atoms with Crippen LogP contribution in [0.15, 0.2) is 59.5 Å². The van der Waals surface area contributed by atoms with Crippen LogP contribution in [-0.2, 0) is 25.2 Å². The van der Waals surface area contributed by atoms with Crippen molar-refractivity contribution in [1.29, 1.82) is 0 Å². The fourth-order valence-electron chi connectivity index (χ4n) is 6.34. The summed E-state index contributed by atoms with van der Waals surface area (Å²) in [7, 11) is -1.11. The third-order valence-corrected chi connectivity index (χ3v) is 10.2. The number of benzene rings is 3. The number of anilines is 1. The molecule has 47 heavy (non-hydrogen) atoms. The first-order valence-corrected chi connectivity index (χ1v) is 15.8. The van der Waals surface area contributed by atoms with Gasteiger partial charge in [0.25, 0.3) is 15.9 Å². The zero-order valence-corrected chi connectivity index (χ0v) is 26.5. The van der Waals surface area contributed by atoms with Crippen LogP contribution in [0.2, 0.25) is 5.02 Å². The summed E-state index contributed by atoms with van der Waals surface area (Å²) in [6, 6.07) is 10.1. The number of amides is 2. The van der Waals surface area contributed by atoms with E-state index in [1.54, 1.807) is 12.1 Å². The highest BCUT2D eigenvalue weighted by atomic mass is 35.5. The van der Waals surface area contributed by atoms with Gasteiger partial charge in [-0.2, -0.15) is 0 Å². The lowest BCUT2D eigenvalue weighted by molar-refractivity contribution is -0.275. The van der Waals surface area contributed by atoms with Crippen molar-refractivity contribution in [2.45, 2.75) is 35.4 Å². The molecule has 0 spiro atoms. The molecule has 3 aliphatic rings. The van der Waals surface area contributed by atoms with E-state index in [1.807, 2.05) is 0 Å². The molecule has 3 atom stereocenters. The van der Waals surface area contributed by atoms with Crippen molar-refractivity contribution in [2.24, 2.45) is 0 Å². The predicted molar refractivity (Wildman–Crippen MR) is 159 cm³/mol. The number of β-amino-alcohol motifs (C(OH)–C–C–N with tert-alkyl or cyclic N) is 1. The van der Waals surface area contributed by atoms with Crippen LogP contribution in [0, 0.1) is 0 Å². The van der Waals surface area contributed by atoms with Gasteiger partial charge in [0.2, 0.25) is 12.7 Å². The molecular weight excluding hydrogens is 671 g/mol. The summed E-state index contributed by atoms with van der Waals surface area (Å²) in [5.74, 6) is -2.70. The highest BCUT2D eigenvalue weighted by Gasteiger charge is 2.64. The maximum Gasteiger partial charge on any atom is 0.573 e. The summed E-state index contributed by atoms with van der Waals surface area (Å²) in [5.41, 5.74) is -2.41. The van der Waals surface area contributed by atoms with Crippen molar-refractivity contribution in [3.63, 3.8) is 0 Å². The Morgan fingerprint density at radius 3 is 2.53 bits per heavy atom. The van der Waals surface area contributed by atoms with Gasteiger partial charge in [-0.3, -0.25) is 14.5 Å². The highest BCUT2D eigenvalue weighted by Crippen LogP contribution is 2.57. The van der Waals surface area contributed by atoms with Crippen molar-refractivity contribution < 1.29 is 55.2 Å². The van der Waals surface area contributed by atoms with E-state index in [0.717, 1.165) is 25.3 Å². The molecule has 3 aromatic carbocycles.